The lowest BCUT2D eigenvalue weighted by Gasteiger charge is -2.06. The number of hydrogen-bond acceptors (Lipinski definition) is 2. The van der Waals surface area contributed by atoms with Gasteiger partial charge in [0.1, 0.15) is 0 Å². The minimum absolute atomic E-state index is 0.153. The molecule has 2 aromatic carbocycles. The van der Waals surface area contributed by atoms with Gasteiger partial charge in [-0.05, 0) is 42.5 Å². The summed E-state index contributed by atoms with van der Waals surface area (Å²) in [6.45, 7) is 0. The fourth-order valence-corrected chi connectivity index (χ4v) is 2.25. The van der Waals surface area contributed by atoms with E-state index in [-0.39, 0.29) is 11.1 Å². The Morgan fingerprint density at radius 2 is 1.38 bits per heavy atom. The molecule has 0 fully saturated rings. The molecule has 2 rings (SSSR count). The molecule has 21 heavy (non-hydrogen) atoms. The zero-order valence-electron chi connectivity index (χ0n) is 11.5. The van der Waals surface area contributed by atoms with E-state index in [0.717, 1.165) is 24.8 Å². The summed E-state index contributed by atoms with van der Waals surface area (Å²) in [6.07, 6.45) is 2.51. The molecule has 0 aliphatic rings. The average Bonchev–Trinajstić information content (AvgIpc) is 2.48. The van der Waals surface area contributed by atoms with Crippen molar-refractivity contribution in [2.75, 3.05) is 0 Å². The molecule has 0 aliphatic heterocycles. The summed E-state index contributed by atoms with van der Waals surface area (Å²) < 4.78 is 0. The van der Waals surface area contributed by atoms with E-state index in [4.69, 9.17) is 10.2 Å². The highest BCUT2D eigenvalue weighted by Gasteiger charge is 2.16. The van der Waals surface area contributed by atoms with E-state index in [2.05, 4.69) is 12.1 Å². The first kappa shape index (κ1) is 14.8. The van der Waals surface area contributed by atoms with Gasteiger partial charge in [-0.3, -0.25) is 0 Å². The molecule has 0 amide bonds. The first-order chi connectivity index (χ1) is 10.1. The lowest BCUT2D eigenvalue weighted by atomic mass is 9.99. The van der Waals surface area contributed by atoms with E-state index < -0.39 is 11.9 Å². The summed E-state index contributed by atoms with van der Waals surface area (Å²) in [6, 6.07) is 14.5. The van der Waals surface area contributed by atoms with E-state index in [1.54, 1.807) is 6.07 Å². The summed E-state index contributed by atoms with van der Waals surface area (Å²) in [5.74, 6) is -2.43. The fraction of sp³-hybridized carbons (Fsp3) is 0.176. The topological polar surface area (TPSA) is 74.6 Å². The van der Waals surface area contributed by atoms with Crippen LogP contribution in [0.2, 0.25) is 0 Å². The highest BCUT2D eigenvalue weighted by molar-refractivity contribution is 6.01. The summed E-state index contributed by atoms with van der Waals surface area (Å²) in [4.78, 5) is 22.1. The van der Waals surface area contributed by atoms with E-state index in [1.807, 2.05) is 18.2 Å². The molecule has 2 N–H and O–H groups in total. The summed E-state index contributed by atoms with van der Waals surface area (Å²) in [7, 11) is 0. The molecule has 0 saturated carbocycles. The molecule has 2 aromatic rings. The number of rotatable bonds is 6. The van der Waals surface area contributed by atoms with Crippen molar-refractivity contribution in [3.05, 3.63) is 70.8 Å². The third kappa shape index (κ3) is 3.92. The highest BCUT2D eigenvalue weighted by atomic mass is 16.4. The number of hydrogen-bond donors (Lipinski definition) is 2. The number of aromatic carboxylic acids is 2. The number of carbonyl (C=O) groups is 2. The van der Waals surface area contributed by atoms with Crippen molar-refractivity contribution in [3.63, 3.8) is 0 Å². The van der Waals surface area contributed by atoms with Crippen LogP contribution in [0.1, 0.15) is 38.3 Å². The second-order valence-corrected chi connectivity index (χ2v) is 4.83. The largest absolute Gasteiger partial charge is 0.478 e. The van der Waals surface area contributed by atoms with E-state index in [0.29, 0.717) is 0 Å². The minimum Gasteiger partial charge on any atom is -0.478 e. The Hall–Kier alpha value is -2.62. The highest BCUT2D eigenvalue weighted by Crippen LogP contribution is 2.15. The van der Waals surface area contributed by atoms with E-state index in [1.165, 1.54) is 17.7 Å². The predicted octanol–water partition coefficient (Wildman–Crippen LogP) is 3.26. The summed E-state index contributed by atoms with van der Waals surface area (Å²) in [5.41, 5.74) is 1.75. The molecule has 0 radical (unpaired) electrons. The Balaban J connectivity index is 2.05. The zero-order valence-corrected chi connectivity index (χ0v) is 11.5. The molecular weight excluding hydrogens is 268 g/mol. The lowest BCUT2D eigenvalue weighted by Crippen LogP contribution is -2.08. The van der Waals surface area contributed by atoms with Crippen molar-refractivity contribution in [1.82, 2.24) is 0 Å². The molecule has 0 bridgehead atoms. The number of benzene rings is 2. The standard InChI is InChI=1S/C17H16O4/c18-16(19)14-10-9-13(11-15(14)17(20)21)8-4-7-12-5-2-1-3-6-12/h1-3,5-6,9-11H,4,7-8H2,(H,18,19)(H,20,21). The predicted molar refractivity (Wildman–Crippen MR) is 78.8 cm³/mol. The van der Waals surface area contributed by atoms with Gasteiger partial charge in [0.15, 0.2) is 0 Å². The third-order valence-corrected chi connectivity index (χ3v) is 3.32. The van der Waals surface area contributed by atoms with E-state index in [9.17, 15) is 9.59 Å². The van der Waals surface area contributed by atoms with Crippen molar-refractivity contribution in [2.45, 2.75) is 19.3 Å². The minimum atomic E-state index is -1.22. The van der Waals surface area contributed by atoms with Gasteiger partial charge < -0.3 is 10.2 Å². The molecular formula is C17H16O4. The molecule has 0 saturated heterocycles. The Morgan fingerprint density at radius 1 is 0.762 bits per heavy atom. The molecule has 0 heterocycles. The first-order valence-electron chi connectivity index (χ1n) is 6.71. The van der Waals surface area contributed by atoms with Crippen molar-refractivity contribution in [3.8, 4) is 0 Å². The maximum atomic E-state index is 11.1. The second kappa shape index (κ2) is 6.70. The van der Waals surface area contributed by atoms with Crippen LogP contribution >= 0.6 is 0 Å². The normalized spacial score (nSPS) is 10.3. The Labute approximate surface area is 122 Å². The average molecular weight is 284 g/mol. The summed E-state index contributed by atoms with van der Waals surface area (Å²) >= 11 is 0. The number of carboxylic acid groups (broad SMARTS) is 2. The maximum Gasteiger partial charge on any atom is 0.336 e. The van der Waals surface area contributed by atoms with Crippen LogP contribution in [0, 0.1) is 0 Å². The monoisotopic (exact) mass is 284 g/mol. The van der Waals surface area contributed by atoms with Crippen LogP contribution in [-0.2, 0) is 12.8 Å². The van der Waals surface area contributed by atoms with Gasteiger partial charge in [-0.1, -0.05) is 36.4 Å². The van der Waals surface area contributed by atoms with Gasteiger partial charge in [-0.2, -0.15) is 0 Å². The van der Waals surface area contributed by atoms with Gasteiger partial charge in [0.05, 0.1) is 11.1 Å². The Morgan fingerprint density at radius 3 is 2.00 bits per heavy atom. The maximum absolute atomic E-state index is 11.1. The Bertz CT molecular complexity index is 647. The molecule has 4 nitrogen and oxygen atoms in total. The molecule has 0 aliphatic carbocycles. The van der Waals surface area contributed by atoms with Crippen molar-refractivity contribution in [1.29, 1.82) is 0 Å². The molecule has 0 unspecified atom stereocenters. The quantitative estimate of drug-likeness (QED) is 0.853. The van der Waals surface area contributed by atoms with Crippen LogP contribution in [0.25, 0.3) is 0 Å². The van der Waals surface area contributed by atoms with Crippen molar-refractivity contribution < 1.29 is 19.8 Å². The van der Waals surface area contributed by atoms with Gasteiger partial charge in [0, 0.05) is 0 Å². The van der Waals surface area contributed by atoms with Crippen molar-refractivity contribution in [2.24, 2.45) is 0 Å². The van der Waals surface area contributed by atoms with Crippen LogP contribution in [0.5, 0.6) is 0 Å². The number of aryl methyl sites for hydroxylation is 2. The number of carboxylic acids is 2. The SMILES string of the molecule is O=C(O)c1ccc(CCCc2ccccc2)cc1C(=O)O. The van der Waals surface area contributed by atoms with Crippen LogP contribution in [0.3, 0.4) is 0 Å². The molecule has 4 heteroatoms. The van der Waals surface area contributed by atoms with Gasteiger partial charge in [0.2, 0.25) is 0 Å². The lowest BCUT2D eigenvalue weighted by molar-refractivity contribution is 0.0651. The van der Waals surface area contributed by atoms with Crippen LogP contribution in [0.4, 0.5) is 0 Å². The molecule has 0 spiro atoms. The van der Waals surface area contributed by atoms with Gasteiger partial charge in [-0.15, -0.1) is 0 Å². The van der Waals surface area contributed by atoms with Crippen molar-refractivity contribution >= 4 is 11.9 Å². The summed E-state index contributed by atoms with van der Waals surface area (Å²) in [5, 5.41) is 18.0. The zero-order chi connectivity index (χ0) is 15.2. The van der Waals surface area contributed by atoms with E-state index >= 15 is 0 Å². The smallest absolute Gasteiger partial charge is 0.336 e. The van der Waals surface area contributed by atoms with Gasteiger partial charge in [-0.25, -0.2) is 9.59 Å². The first-order valence-corrected chi connectivity index (χ1v) is 6.71. The van der Waals surface area contributed by atoms with Crippen LogP contribution < -0.4 is 0 Å². The van der Waals surface area contributed by atoms with Gasteiger partial charge in [0.25, 0.3) is 0 Å². The fourth-order valence-electron chi connectivity index (χ4n) is 2.25. The molecule has 0 atom stereocenters. The van der Waals surface area contributed by atoms with Crippen LogP contribution in [0.15, 0.2) is 48.5 Å². The third-order valence-electron chi connectivity index (χ3n) is 3.32. The molecule has 0 aromatic heterocycles. The molecule has 108 valence electrons. The van der Waals surface area contributed by atoms with Gasteiger partial charge >= 0.3 is 11.9 Å². The second-order valence-electron chi connectivity index (χ2n) is 4.83. The van der Waals surface area contributed by atoms with Crippen LogP contribution in [-0.4, -0.2) is 22.2 Å². The Kier molecular flexibility index (Phi) is 4.72.